The number of hydrogen-bond acceptors (Lipinski definition) is 7. The maximum absolute atomic E-state index is 12.4. The Balaban J connectivity index is 1.94. The molecule has 2 heterocycles. The van der Waals surface area contributed by atoms with Crippen LogP contribution in [0, 0.1) is 16.0 Å². The lowest BCUT2D eigenvalue weighted by molar-refractivity contribution is -0.384. The van der Waals surface area contributed by atoms with Crippen LogP contribution in [0.2, 0.25) is 0 Å². The Hall–Kier alpha value is -1.58. The van der Waals surface area contributed by atoms with Crippen molar-refractivity contribution < 1.29 is 13.3 Å². The molecule has 1 fully saturated rings. The largest absolute Gasteiger partial charge is 0.316 e. The molecule has 1 atom stereocenters. The zero-order chi connectivity index (χ0) is 15.0. The van der Waals surface area contributed by atoms with Gasteiger partial charge in [-0.05, 0) is 31.5 Å². The second kappa shape index (κ2) is 5.32. The van der Waals surface area contributed by atoms with Gasteiger partial charge in [0.25, 0.3) is 5.69 Å². The van der Waals surface area contributed by atoms with Crippen LogP contribution >= 0.6 is 11.3 Å². The van der Waals surface area contributed by atoms with Crippen molar-refractivity contribution in [1.82, 2.24) is 10.3 Å². The molecule has 7 nitrogen and oxygen atoms in total. The molecule has 2 aromatic rings. The number of aromatic nitrogens is 1. The summed E-state index contributed by atoms with van der Waals surface area (Å²) in [6.07, 6.45) is 0.843. The summed E-state index contributed by atoms with van der Waals surface area (Å²) in [4.78, 5) is 14.3. The van der Waals surface area contributed by atoms with Gasteiger partial charge in [-0.3, -0.25) is 10.1 Å². The summed E-state index contributed by atoms with van der Waals surface area (Å²) in [5, 5.41) is 13.9. The maximum atomic E-state index is 12.4. The number of hydrogen-bond donors (Lipinski definition) is 1. The molecular weight excluding hydrogens is 314 g/mol. The maximum Gasteiger partial charge on any atom is 0.271 e. The molecular formula is C12H13N3O4S2. The number of nitrogens with one attached hydrogen (secondary N) is 1. The number of fused-ring (bicyclic) bond motifs is 1. The fraction of sp³-hybridized carbons (Fsp3) is 0.417. The fourth-order valence-corrected chi connectivity index (χ4v) is 5.32. The Kier molecular flexibility index (Phi) is 3.64. The average molecular weight is 327 g/mol. The molecule has 1 aromatic heterocycles. The van der Waals surface area contributed by atoms with Gasteiger partial charge in [0, 0.05) is 12.1 Å². The van der Waals surface area contributed by atoms with Gasteiger partial charge in [0.05, 0.1) is 20.9 Å². The summed E-state index contributed by atoms with van der Waals surface area (Å²) in [6.45, 7) is 1.54. The molecule has 0 spiro atoms. The summed E-state index contributed by atoms with van der Waals surface area (Å²) in [5.41, 5.74) is 0.272. The summed E-state index contributed by atoms with van der Waals surface area (Å²) in [6, 6.07) is 4.21. The fourth-order valence-electron chi connectivity index (χ4n) is 2.38. The Labute approximate surface area is 125 Å². The predicted molar refractivity (Wildman–Crippen MR) is 79.3 cm³/mol. The highest BCUT2D eigenvalue weighted by Gasteiger charge is 2.27. The van der Waals surface area contributed by atoms with Gasteiger partial charge in [0.1, 0.15) is 0 Å². The van der Waals surface area contributed by atoms with E-state index in [1.54, 1.807) is 6.07 Å². The second-order valence-corrected chi connectivity index (χ2v) is 8.27. The summed E-state index contributed by atoms with van der Waals surface area (Å²) in [5.74, 6) is 0.179. The van der Waals surface area contributed by atoms with Crippen LogP contribution in [-0.2, 0) is 9.84 Å². The van der Waals surface area contributed by atoms with Gasteiger partial charge in [0.2, 0.25) is 14.2 Å². The average Bonchev–Trinajstić information content (AvgIpc) is 3.05. The zero-order valence-electron chi connectivity index (χ0n) is 11.0. The number of nitro benzene ring substituents is 1. The Morgan fingerprint density at radius 3 is 2.95 bits per heavy atom. The number of thiazole rings is 1. The van der Waals surface area contributed by atoms with Crippen molar-refractivity contribution in [1.29, 1.82) is 0 Å². The third kappa shape index (κ3) is 2.89. The lowest BCUT2D eigenvalue weighted by atomic mass is 10.2. The van der Waals surface area contributed by atoms with Crippen LogP contribution in [0.1, 0.15) is 6.42 Å². The van der Waals surface area contributed by atoms with Crippen LogP contribution < -0.4 is 5.32 Å². The first-order valence-corrected chi connectivity index (χ1v) is 8.91. The van der Waals surface area contributed by atoms with E-state index in [0.717, 1.165) is 24.3 Å². The van der Waals surface area contributed by atoms with E-state index < -0.39 is 14.8 Å². The second-order valence-electron chi connectivity index (χ2n) is 5.03. The van der Waals surface area contributed by atoms with Gasteiger partial charge in [-0.2, -0.15) is 0 Å². The van der Waals surface area contributed by atoms with E-state index in [1.807, 2.05) is 0 Å². The molecule has 21 heavy (non-hydrogen) atoms. The highest BCUT2D eigenvalue weighted by Crippen LogP contribution is 2.30. The summed E-state index contributed by atoms with van der Waals surface area (Å²) < 4.78 is 25.4. The number of rotatable bonds is 4. The van der Waals surface area contributed by atoms with Gasteiger partial charge in [-0.25, -0.2) is 13.4 Å². The minimum absolute atomic E-state index is 0.0462. The van der Waals surface area contributed by atoms with Gasteiger partial charge < -0.3 is 5.32 Å². The quantitative estimate of drug-likeness (QED) is 0.676. The monoisotopic (exact) mass is 327 g/mol. The molecule has 3 rings (SSSR count). The van der Waals surface area contributed by atoms with E-state index in [0.29, 0.717) is 16.8 Å². The smallest absolute Gasteiger partial charge is 0.271 e. The molecule has 0 aliphatic carbocycles. The van der Waals surface area contributed by atoms with Crippen LogP contribution in [0.15, 0.2) is 22.5 Å². The molecule has 1 aliphatic rings. The number of benzene rings is 1. The number of sulfone groups is 1. The Bertz CT molecular complexity index is 794. The molecule has 1 N–H and O–H groups in total. The number of nitro groups is 1. The highest BCUT2D eigenvalue weighted by atomic mass is 32.2. The molecule has 0 bridgehead atoms. The Morgan fingerprint density at radius 1 is 1.48 bits per heavy atom. The SMILES string of the molecule is O=[N+]([O-])c1ccc2sc(S(=O)(=O)C[C@@H]3CCNC3)nc2c1. The topological polar surface area (TPSA) is 102 Å². The van der Waals surface area contributed by atoms with E-state index >= 15 is 0 Å². The van der Waals surface area contributed by atoms with Crippen LogP contribution in [0.5, 0.6) is 0 Å². The first-order valence-electron chi connectivity index (χ1n) is 6.44. The van der Waals surface area contributed by atoms with Crippen molar-refractivity contribution in [3.8, 4) is 0 Å². The van der Waals surface area contributed by atoms with Crippen LogP contribution in [-0.4, -0.2) is 37.2 Å². The van der Waals surface area contributed by atoms with Gasteiger partial charge in [-0.1, -0.05) is 0 Å². The summed E-state index contributed by atoms with van der Waals surface area (Å²) in [7, 11) is -3.44. The normalized spacial score (nSPS) is 19.1. The van der Waals surface area contributed by atoms with E-state index in [2.05, 4.69) is 10.3 Å². The molecule has 112 valence electrons. The molecule has 0 saturated carbocycles. The van der Waals surface area contributed by atoms with Gasteiger partial charge in [-0.15, -0.1) is 11.3 Å². The molecule has 1 aliphatic heterocycles. The minimum atomic E-state index is -3.44. The Morgan fingerprint density at radius 2 is 2.29 bits per heavy atom. The molecule has 1 aromatic carbocycles. The number of nitrogens with zero attached hydrogens (tertiary/aromatic N) is 2. The lowest BCUT2D eigenvalue weighted by Gasteiger charge is -2.06. The van der Waals surface area contributed by atoms with Crippen LogP contribution in [0.4, 0.5) is 5.69 Å². The van der Waals surface area contributed by atoms with Crippen LogP contribution in [0.25, 0.3) is 10.2 Å². The summed E-state index contributed by atoms with van der Waals surface area (Å²) >= 11 is 1.07. The first-order chi connectivity index (χ1) is 9.95. The molecule has 0 unspecified atom stereocenters. The van der Waals surface area contributed by atoms with Crippen LogP contribution in [0.3, 0.4) is 0 Å². The molecule has 1 saturated heterocycles. The minimum Gasteiger partial charge on any atom is -0.316 e. The van der Waals surface area contributed by atoms with Crippen molar-refractivity contribution in [3.63, 3.8) is 0 Å². The molecule has 9 heteroatoms. The van der Waals surface area contributed by atoms with Crippen molar-refractivity contribution in [2.45, 2.75) is 10.8 Å². The van der Waals surface area contributed by atoms with Gasteiger partial charge >= 0.3 is 0 Å². The van der Waals surface area contributed by atoms with Crippen molar-refractivity contribution >= 4 is 37.1 Å². The van der Waals surface area contributed by atoms with Crippen molar-refractivity contribution in [3.05, 3.63) is 28.3 Å². The third-order valence-corrected chi connectivity index (χ3v) is 6.82. The predicted octanol–water partition coefficient (Wildman–Crippen LogP) is 1.59. The zero-order valence-corrected chi connectivity index (χ0v) is 12.6. The first kappa shape index (κ1) is 14.4. The van der Waals surface area contributed by atoms with Crippen molar-refractivity contribution in [2.24, 2.45) is 5.92 Å². The van der Waals surface area contributed by atoms with E-state index in [-0.39, 0.29) is 21.7 Å². The standard InChI is InChI=1S/C12H13N3O4S2/c16-15(17)9-1-2-11-10(5-9)14-12(20-11)21(18,19)7-8-3-4-13-6-8/h1-2,5,8,13H,3-4,6-7H2/t8-/m1/s1. The molecule has 0 radical (unpaired) electrons. The molecule has 0 amide bonds. The van der Waals surface area contributed by atoms with E-state index in [4.69, 9.17) is 0 Å². The highest BCUT2D eigenvalue weighted by molar-refractivity contribution is 7.93. The lowest BCUT2D eigenvalue weighted by Crippen LogP contribution is -2.18. The van der Waals surface area contributed by atoms with E-state index in [9.17, 15) is 18.5 Å². The third-order valence-electron chi connectivity index (χ3n) is 3.45. The number of non-ortho nitro benzene ring substituents is 1. The van der Waals surface area contributed by atoms with Crippen molar-refractivity contribution in [2.75, 3.05) is 18.8 Å². The van der Waals surface area contributed by atoms with E-state index in [1.165, 1.54) is 12.1 Å². The van der Waals surface area contributed by atoms with Gasteiger partial charge in [0.15, 0.2) is 0 Å².